The summed E-state index contributed by atoms with van der Waals surface area (Å²) in [7, 11) is -0.412. The molecule has 0 unspecified atom stereocenters. The van der Waals surface area contributed by atoms with Gasteiger partial charge in [-0.3, -0.25) is 4.90 Å². The van der Waals surface area contributed by atoms with Crippen molar-refractivity contribution < 1.29 is 9.31 Å². The van der Waals surface area contributed by atoms with Gasteiger partial charge in [-0.2, -0.15) is 0 Å². The van der Waals surface area contributed by atoms with E-state index in [9.17, 15) is 0 Å². The summed E-state index contributed by atoms with van der Waals surface area (Å²) in [4.78, 5) is 13.6. The molecule has 0 atom stereocenters. The van der Waals surface area contributed by atoms with Crippen LogP contribution in [0.3, 0.4) is 0 Å². The number of nitrogens with zero attached hydrogens (tertiary/aromatic N) is 4. The van der Waals surface area contributed by atoms with Crippen molar-refractivity contribution >= 4 is 18.5 Å². The van der Waals surface area contributed by atoms with Gasteiger partial charge in [0.05, 0.1) is 11.2 Å². The first-order valence-electron chi connectivity index (χ1n) is 8.67. The minimum Gasteiger partial charge on any atom is -0.399 e. The normalized spacial score (nSPS) is 23.7. The van der Waals surface area contributed by atoms with Crippen LogP contribution in [0, 0.1) is 0 Å². The number of rotatable bonds is 4. The zero-order chi connectivity index (χ0) is 17.4. The fourth-order valence-electron chi connectivity index (χ4n) is 2.95. The maximum atomic E-state index is 6.04. The summed E-state index contributed by atoms with van der Waals surface area (Å²) in [6.07, 6.45) is 3.63. The van der Waals surface area contributed by atoms with E-state index < -0.39 is 7.12 Å². The molecule has 1 aromatic rings. The van der Waals surface area contributed by atoms with Crippen molar-refractivity contribution in [2.24, 2.45) is 5.73 Å². The first-order chi connectivity index (χ1) is 11.3. The summed E-state index contributed by atoms with van der Waals surface area (Å²) in [5.74, 6) is 0.766. The van der Waals surface area contributed by atoms with Gasteiger partial charge in [-0.05, 0) is 27.7 Å². The molecule has 2 aliphatic rings. The molecular formula is C16H28BN5O2. The van der Waals surface area contributed by atoms with Crippen LogP contribution in [0.1, 0.15) is 27.7 Å². The Labute approximate surface area is 144 Å². The minimum absolute atomic E-state index is 0.352. The first-order valence-corrected chi connectivity index (χ1v) is 8.67. The third kappa shape index (κ3) is 3.42. The van der Waals surface area contributed by atoms with Gasteiger partial charge in [0.1, 0.15) is 0 Å². The van der Waals surface area contributed by atoms with Crippen LogP contribution in [0.5, 0.6) is 0 Å². The third-order valence-electron chi connectivity index (χ3n) is 5.28. The number of nitrogens with two attached hydrogens (primary N) is 1. The second kappa shape index (κ2) is 6.59. The van der Waals surface area contributed by atoms with Crippen LogP contribution < -0.4 is 16.1 Å². The van der Waals surface area contributed by atoms with Crippen LogP contribution >= 0.6 is 0 Å². The number of aromatic nitrogens is 2. The average molecular weight is 333 g/mol. The Morgan fingerprint density at radius 3 is 2.08 bits per heavy atom. The Bertz CT molecular complexity index is 542. The molecule has 3 heterocycles. The molecule has 2 N–H and O–H groups in total. The predicted molar refractivity (Wildman–Crippen MR) is 95.5 cm³/mol. The Morgan fingerprint density at radius 2 is 1.58 bits per heavy atom. The zero-order valence-corrected chi connectivity index (χ0v) is 15.2. The first kappa shape index (κ1) is 17.6. The van der Waals surface area contributed by atoms with E-state index in [4.69, 9.17) is 15.0 Å². The summed E-state index contributed by atoms with van der Waals surface area (Å²) < 4.78 is 12.1. The van der Waals surface area contributed by atoms with Gasteiger partial charge >= 0.3 is 7.12 Å². The second-order valence-electron chi connectivity index (χ2n) is 7.52. The van der Waals surface area contributed by atoms with Crippen molar-refractivity contribution in [1.29, 1.82) is 0 Å². The number of hydrogen-bond acceptors (Lipinski definition) is 7. The average Bonchev–Trinajstić information content (AvgIpc) is 2.77. The minimum atomic E-state index is -0.412. The van der Waals surface area contributed by atoms with Crippen LogP contribution in [-0.2, 0) is 9.31 Å². The quantitative estimate of drug-likeness (QED) is 0.769. The van der Waals surface area contributed by atoms with Gasteiger partial charge in [0.25, 0.3) is 0 Å². The van der Waals surface area contributed by atoms with Crippen molar-refractivity contribution in [3.63, 3.8) is 0 Å². The van der Waals surface area contributed by atoms with Crippen molar-refractivity contribution in [1.82, 2.24) is 14.9 Å². The topological polar surface area (TPSA) is 76.7 Å². The molecule has 2 saturated heterocycles. The lowest BCUT2D eigenvalue weighted by molar-refractivity contribution is 0.00578. The molecule has 0 aromatic carbocycles. The van der Waals surface area contributed by atoms with E-state index >= 15 is 0 Å². The Balaban J connectivity index is 1.63. The summed E-state index contributed by atoms with van der Waals surface area (Å²) in [6, 6.07) is 0. The number of anilines is 1. The highest BCUT2D eigenvalue weighted by Crippen LogP contribution is 2.36. The highest BCUT2D eigenvalue weighted by Gasteiger charge is 2.51. The van der Waals surface area contributed by atoms with E-state index in [1.807, 2.05) is 40.1 Å². The molecular weight excluding hydrogens is 305 g/mol. The molecule has 0 bridgehead atoms. The van der Waals surface area contributed by atoms with Gasteiger partial charge in [-0.1, -0.05) is 0 Å². The number of hydrogen-bond donors (Lipinski definition) is 1. The van der Waals surface area contributed by atoms with Crippen LogP contribution in [0.4, 0.5) is 5.95 Å². The molecule has 0 radical (unpaired) electrons. The fourth-order valence-corrected chi connectivity index (χ4v) is 2.95. The molecule has 2 aliphatic heterocycles. The van der Waals surface area contributed by atoms with Gasteiger partial charge in [-0.15, -0.1) is 0 Å². The maximum Gasteiger partial charge on any atom is 0.498 e. The van der Waals surface area contributed by atoms with Crippen LogP contribution in [0.2, 0.25) is 0 Å². The zero-order valence-electron chi connectivity index (χ0n) is 15.2. The molecule has 3 rings (SSSR count). The van der Waals surface area contributed by atoms with E-state index in [0.717, 1.165) is 44.1 Å². The van der Waals surface area contributed by atoms with Gasteiger partial charge < -0.3 is 19.9 Å². The van der Waals surface area contributed by atoms with Gasteiger partial charge in [0.2, 0.25) is 5.95 Å². The molecule has 0 spiro atoms. The van der Waals surface area contributed by atoms with E-state index in [1.54, 1.807) is 0 Å². The second-order valence-corrected chi connectivity index (χ2v) is 7.52. The summed E-state index contributed by atoms with van der Waals surface area (Å²) >= 11 is 0. The summed E-state index contributed by atoms with van der Waals surface area (Å²) in [5, 5.41) is 0. The van der Waals surface area contributed by atoms with Crippen LogP contribution in [0.25, 0.3) is 0 Å². The lowest BCUT2D eigenvalue weighted by Gasteiger charge is -2.34. The van der Waals surface area contributed by atoms with Gasteiger partial charge in [0, 0.05) is 57.1 Å². The molecule has 0 aliphatic carbocycles. The molecule has 8 heteroatoms. The lowest BCUT2D eigenvalue weighted by Crippen LogP contribution is -2.48. The SMILES string of the molecule is CC1(C)OB(c2cnc(N3CCN(CCN)CC3)nc2)OC1(C)C. The smallest absolute Gasteiger partial charge is 0.399 e. The molecule has 1 aromatic heterocycles. The van der Waals surface area contributed by atoms with E-state index in [1.165, 1.54) is 0 Å². The predicted octanol–water partition coefficient (Wildman–Crippen LogP) is -0.143. The molecule has 132 valence electrons. The van der Waals surface area contributed by atoms with E-state index in [-0.39, 0.29) is 11.2 Å². The third-order valence-corrected chi connectivity index (χ3v) is 5.28. The Hall–Kier alpha value is -1.22. The molecule has 7 nitrogen and oxygen atoms in total. The summed E-state index contributed by atoms with van der Waals surface area (Å²) in [6.45, 7) is 13.7. The maximum absolute atomic E-state index is 6.04. The molecule has 24 heavy (non-hydrogen) atoms. The number of piperazine rings is 1. The van der Waals surface area contributed by atoms with Crippen molar-refractivity contribution in [3.8, 4) is 0 Å². The van der Waals surface area contributed by atoms with Crippen LogP contribution in [-0.4, -0.2) is 72.5 Å². The lowest BCUT2D eigenvalue weighted by atomic mass is 9.81. The standard InChI is InChI=1S/C16H28BN5O2/c1-15(2)16(3,4)24-17(23-15)13-11-19-14(20-12-13)22-9-7-21(6-5-18)8-10-22/h11-12H,5-10,18H2,1-4H3. The molecule has 2 fully saturated rings. The monoisotopic (exact) mass is 333 g/mol. The van der Waals surface area contributed by atoms with Crippen molar-refractivity contribution in [3.05, 3.63) is 12.4 Å². The summed E-state index contributed by atoms with van der Waals surface area (Å²) in [5.41, 5.74) is 5.77. The van der Waals surface area contributed by atoms with Gasteiger partial charge in [-0.25, -0.2) is 9.97 Å². The van der Waals surface area contributed by atoms with Crippen molar-refractivity contribution in [2.75, 3.05) is 44.2 Å². The Morgan fingerprint density at radius 1 is 1.04 bits per heavy atom. The van der Waals surface area contributed by atoms with E-state index in [2.05, 4.69) is 19.8 Å². The fraction of sp³-hybridized carbons (Fsp3) is 0.750. The molecule has 0 amide bonds. The highest BCUT2D eigenvalue weighted by molar-refractivity contribution is 6.61. The highest BCUT2D eigenvalue weighted by atomic mass is 16.7. The largest absolute Gasteiger partial charge is 0.498 e. The Kier molecular flexibility index (Phi) is 4.83. The van der Waals surface area contributed by atoms with E-state index in [0.29, 0.717) is 6.54 Å². The van der Waals surface area contributed by atoms with Crippen molar-refractivity contribution in [2.45, 2.75) is 38.9 Å². The molecule has 0 saturated carbocycles. The van der Waals surface area contributed by atoms with Crippen LogP contribution in [0.15, 0.2) is 12.4 Å². The van der Waals surface area contributed by atoms with Gasteiger partial charge in [0.15, 0.2) is 0 Å².